The van der Waals surface area contributed by atoms with Gasteiger partial charge in [0.1, 0.15) is 7.05 Å². The summed E-state index contributed by atoms with van der Waals surface area (Å²) >= 11 is 0. The minimum absolute atomic E-state index is 1.11. The van der Waals surface area contributed by atoms with E-state index in [-0.39, 0.29) is 0 Å². The van der Waals surface area contributed by atoms with Gasteiger partial charge in [0.25, 0.3) is 0 Å². The topological polar surface area (TPSA) is 3.88 Å². The number of pyridine rings is 1. The average molecular weight is 256 g/mol. The van der Waals surface area contributed by atoms with Gasteiger partial charge in [-0.15, -0.1) is 0 Å². The molecule has 0 saturated heterocycles. The Hall–Kier alpha value is -1.15. The fourth-order valence-corrected chi connectivity index (χ4v) is 6.74. The van der Waals surface area contributed by atoms with Crippen molar-refractivity contribution in [2.75, 3.05) is 0 Å². The fraction of sp³-hybridized carbons (Fsp3) is 0.438. The second kappa shape index (κ2) is 3.92. The maximum Gasteiger partial charge on any atom is 0.188 e. The third-order valence-electron chi connectivity index (χ3n) is 4.56. The Labute approximate surface area is 110 Å². The number of hydrogen-bond acceptors (Lipinski definition) is 0. The van der Waals surface area contributed by atoms with Crippen LogP contribution in [0.25, 0.3) is 10.8 Å². The van der Waals surface area contributed by atoms with Crippen LogP contribution in [0, 0.1) is 0 Å². The minimum atomic E-state index is -1.19. The summed E-state index contributed by atoms with van der Waals surface area (Å²) in [6.45, 7) is 7.30. The molecule has 0 radical (unpaired) electrons. The molecule has 3 rings (SSSR count). The van der Waals surface area contributed by atoms with Gasteiger partial charge in [0, 0.05) is 17.9 Å². The first-order chi connectivity index (χ1) is 8.54. The summed E-state index contributed by atoms with van der Waals surface area (Å²) in [5.41, 5.74) is 3.09. The largest absolute Gasteiger partial charge is 0.205 e. The molecule has 1 aromatic carbocycles. The maximum atomic E-state index is 2.52. The zero-order valence-electron chi connectivity index (χ0n) is 11.9. The zero-order chi connectivity index (χ0) is 12.9. The third-order valence-corrected chi connectivity index (χ3v) is 8.01. The van der Waals surface area contributed by atoms with Crippen molar-refractivity contribution in [3.8, 4) is 0 Å². The van der Waals surface area contributed by atoms with Gasteiger partial charge in [-0.3, -0.25) is 0 Å². The van der Waals surface area contributed by atoms with E-state index < -0.39 is 8.07 Å². The summed E-state index contributed by atoms with van der Waals surface area (Å²) in [7, 11) is 0.973. The lowest BCUT2D eigenvalue weighted by Crippen LogP contribution is -2.39. The van der Waals surface area contributed by atoms with Crippen LogP contribution in [0.15, 0.2) is 24.4 Å². The van der Waals surface area contributed by atoms with E-state index in [1.54, 1.807) is 10.8 Å². The van der Waals surface area contributed by atoms with Crippen LogP contribution >= 0.6 is 0 Å². The molecule has 0 atom stereocenters. The zero-order valence-corrected chi connectivity index (χ0v) is 12.9. The lowest BCUT2D eigenvalue weighted by atomic mass is 10.0. The van der Waals surface area contributed by atoms with Gasteiger partial charge in [-0.2, -0.15) is 0 Å². The standard InChI is InChI=1S/C16H22NSi/c1-5-15-13-7-6-12-9-11-18(3,4)16(12)14(13)8-10-17(15)2/h6-8,10H,5,9,11H2,1-4H3/q+1. The summed E-state index contributed by atoms with van der Waals surface area (Å²) < 4.78 is 2.28. The number of hydrogen-bond donors (Lipinski definition) is 0. The molecule has 0 fully saturated rings. The van der Waals surface area contributed by atoms with Crippen molar-refractivity contribution >= 4 is 24.0 Å². The smallest absolute Gasteiger partial charge is 0.188 e. The highest BCUT2D eigenvalue weighted by Gasteiger charge is 2.34. The molecule has 0 saturated carbocycles. The first kappa shape index (κ1) is 11.9. The molecule has 0 aliphatic carbocycles. The minimum Gasteiger partial charge on any atom is -0.205 e. The highest BCUT2D eigenvalue weighted by molar-refractivity contribution is 6.92. The van der Waals surface area contributed by atoms with E-state index in [9.17, 15) is 0 Å². The van der Waals surface area contributed by atoms with Crippen molar-refractivity contribution in [2.24, 2.45) is 7.05 Å². The van der Waals surface area contributed by atoms with E-state index in [1.165, 1.54) is 28.9 Å². The van der Waals surface area contributed by atoms with E-state index in [4.69, 9.17) is 0 Å². The number of rotatable bonds is 1. The summed E-state index contributed by atoms with van der Waals surface area (Å²) in [6.07, 6.45) is 4.64. The normalized spacial score (nSPS) is 17.1. The van der Waals surface area contributed by atoms with Crippen molar-refractivity contribution in [3.05, 3.63) is 35.7 Å². The van der Waals surface area contributed by atoms with Crippen LogP contribution in [0.1, 0.15) is 18.2 Å². The van der Waals surface area contributed by atoms with Crippen LogP contribution < -0.4 is 9.75 Å². The molecule has 1 nitrogen and oxygen atoms in total. The predicted octanol–water partition coefficient (Wildman–Crippen LogP) is 2.70. The van der Waals surface area contributed by atoms with Crippen LogP contribution in [0.2, 0.25) is 19.1 Å². The molecule has 0 bridgehead atoms. The van der Waals surface area contributed by atoms with Gasteiger partial charge < -0.3 is 0 Å². The summed E-state index contributed by atoms with van der Waals surface area (Å²) in [5.74, 6) is 0. The molecular weight excluding hydrogens is 234 g/mol. The molecule has 0 unspecified atom stereocenters. The number of aryl methyl sites for hydroxylation is 3. The molecule has 1 aliphatic heterocycles. The van der Waals surface area contributed by atoms with E-state index in [0.717, 1.165) is 6.42 Å². The van der Waals surface area contributed by atoms with E-state index >= 15 is 0 Å². The lowest BCUT2D eigenvalue weighted by molar-refractivity contribution is -0.677. The van der Waals surface area contributed by atoms with Crippen LogP contribution in [0.3, 0.4) is 0 Å². The predicted molar refractivity (Wildman–Crippen MR) is 80.1 cm³/mol. The third kappa shape index (κ3) is 1.55. The second-order valence-electron chi connectivity index (χ2n) is 6.17. The molecule has 2 heteroatoms. The molecule has 2 heterocycles. The fourth-order valence-electron chi connectivity index (χ4n) is 3.58. The maximum absolute atomic E-state index is 2.52. The monoisotopic (exact) mass is 256 g/mol. The second-order valence-corrected chi connectivity index (χ2v) is 10.9. The Balaban J connectivity index is 2.42. The first-order valence-corrected chi connectivity index (χ1v) is 10.2. The van der Waals surface area contributed by atoms with Gasteiger partial charge in [-0.25, -0.2) is 4.57 Å². The molecule has 2 aromatic rings. The Morgan fingerprint density at radius 1 is 1.17 bits per heavy atom. The molecule has 0 amide bonds. The van der Waals surface area contributed by atoms with Crippen LogP contribution in [0.4, 0.5) is 0 Å². The SMILES string of the molecule is CCc1c2ccc3c(c2cc[n+]1C)[Si](C)(C)CC3. The molecule has 1 aliphatic rings. The van der Waals surface area contributed by atoms with Crippen LogP contribution in [0.5, 0.6) is 0 Å². The Kier molecular flexibility index (Phi) is 2.59. The van der Waals surface area contributed by atoms with Crippen LogP contribution in [-0.2, 0) is 19.9 Å². The summed E-state index contributed by atoms with van der Waals surface area (Å²) in [5, 5.41) is 4.75. The van der Waals surface area contributed by atoms with Crippen LogP contribution in [-0.4, -0.2) is 8.07 Å². The summed E-state index contributed by atoms with van der Waals surface area (Å²) in [6, 6.07) is 8.50. The number of nitrogens with zero attached hydrogens (tertiary/aromatic N) is 1. The number of fused-ring (bicyclic) bond motifs is 3. The molecule has 0 spiro atoms. The number of benzene rings is 1. The van der Waals surface area contributed by atoms with E-state index in [0.29, 0.717) is 0 Å². The Bertz CT molecular complexity index is 629. The number of aromatic nitrogens is 1. The molecule has 94 valence electrons. The quantitative estimate of drug-likeness (QED) is 0.545. The molecule has 1 aromatic heterocycles. The van der Waals surface area contributed by atoms with Crippen molar-refractivity contribution in [3.63, 3.8) is 0 Å². The molecule has 0 N–H and O–H groups in total. The Morgan fingerprint density at radius 3 is 2.67 bits per heavy atom. The van der Waals surface area contributed by atoms with Crippen molar-refractivity contribution < 1.29 is 4.57 Å². The molecule has 18 heavy (non-hydrogen) atoms. The highest BCUT2D eigenvalue weighted by Crippen LogP contribution is 2.28. The first-order valence-electron chi connectivity index (χ1n) is 6.98. The van der Waals surface area contributed by atoms with Gasteiger partial charge in [-0.05, 0) is 34.7 Å². The van der Waals surface area contributed by atoms with Gasteiger partial charge in [0.05, 0.1) is 8.07 Å². The van der Waals surface area contributed by atoms with Gasteiger partial charge in [0.2, 0.25) is 0 Å². The van der Waals surface area contributed by atoms with E-state index in [1.807, 2.05) is 0 Å². The van der Waals surface area contributed by atoms with Crippen molar-refractivity contribution in [1.82, 2.24) is 0 Å². The molecular formula is C16H22NSi+. The van der Waals surface area contributed by atoms with Gasteiger partial charge in [0.15, 0.2) is 11.9 Å². The van der Waals surface area contributed by atoms with Gasteiger partial charge >= 0.3 is 0 Å². The van der Waals surface area contributed by atoms with E-state index in [2.05, 4.69) is 56.0 Å². The highest BCUT2D eigenvalue weighted by atomic mass is 28.3. The van der Waals surface area contributed by atoms with Crippen molar-refractivity contribution in [2.45, 2.75) is 38.9 Å². The lowest BCUT2D eigenvalue weighted by Gasteiger charge is -2.19. The summed E-state index contributed by atoms with van der Waals surface area (Å²) in [4.78, 5) is 0. The van der Waals surface area contributed by atoms with Crippen molar-refractivity contribution in [1.29, 1.82) is 0 Å². The average Bonchev–Trinajstić information content (AvgIpc) is 2.65. The van der Waals surface area contributed by atoms with Gasteiger partial charge in [-0.1, -0.05) is 26.1 Å². The Morgan fingerprint density at radius 2 is 1.94 bits per heavy atom.